The Bertz CT molecular complexity index is 1100. The van der Waals surface area contributed by atoms with E-state index >= 15 is 0 Å². The summed E-state index contributed by atoms with van der Waals surface area (Å²) in [6, 6.07) is 8.46. The average molecular weight is 512 g/mol. The number of anilines is 1. The van der Waals surface area contributed by atoms with Gasteiger partial charge in [-0.15, -0.1) is 0 Å². The van der Waals surface area contributed by atoms with Crippen molar-refractivity contribution in [3.63, 3.8) is 0 Å². The lowest BCUT2D eigenvalue weighted by molar-refractivity contribution is -0.153. The first-order valence-corrected chi connectivity index (χ1v) is 11.2. The quantitative estimate of drug-likeness (QED) is 0.420. The largest absolute Gasteiger partial charge is 0.481 e. The first kappa shape index (κ1) is 26.9. The van der Waals surface area contributed by atoms with Gasteiger partial charge in [-0.1, -0.05) is 30.3 Å². The van der Waals surface area contributed by atoms with Crippen LogP contribution < -0.4 is 21.1 Å². The van der Waals surface area contributed by atoms with E-state index in [-0.39, 0.29) is 29.7 Å². The van der Waals surface area contributed by atoms with E-state index in [2.05, 4.69) is 10.6 Å². The molecule has 1 aliphatic rings. The highest BCUT2D eigenvalue weighted by Gasteiger charge is 2.35. The first-order valence-electron chi connectivity index (χ1n) is 11.2. The molecule has 3 amide bonds. The van der Waals surface area contributed by atoms with Crippen LogP contribution in [0.1, 0.15) is 39.3 Å². The number of likely N-dealkylation sites (tertiary alicyclic amines) is 1. The molecule has 1 saturated heterocycles. The third-order valence-electron chi connectivity index (χ3n) is 5.83. The van der Waals surface area contributed by atoms with Crippen molar-refractivity contribution in [3.8, 4) is 5.75 Å². The number of rotatable bonds is 8. The van der Waals surface area contributed by atoms with Crippen molar-refractivity contribution in [3.05, 3.63) is 47.2 Å². The number of benzene rings is 1. The number of ether oxygens (including phenoxy) is 1. The van der Waals surface area contributed by atoms with Crippen LogP contribution in [0.4, 0.5) is 19.0 Å². The minimum atomic E-state index is -4.72. The Hall–Kier alpha value is -3.74. The maximum Gasteiger partial charge on any atom is 0.422 e. The zero-order chi connectivity index (χ0) is 26.5. The number of nitrogens with two attached hydrogens (primary N) is 1. The number of aliphatic hydroxyl groups excluding tert-OH is 1. The third kappa shape index (κ3) is 6.47. The van der Waals surface area contributed by atoms with E-state index in [4.69, 9.17) is 15.6 Å². The van der Waals surface area contributed by atoms with Crippen LogP contribution in [0.5, 0.6) is 5.75 Å². The van der Waals surface area contributed by atoms with Gasteiger partial charge in [0.1, 0.15) is 18.0 Å². The predicted molar refractivity (Wildman–Crippen MR) is 123 cm³/mol. The molecule has 0 atom stereocenters. The second-order valence-corrected chi connectivity index (χ2v) is 8.36. The highest BCUT2D eigenvalue weighted by atomic mass is 19.4. The lowest BCUT2D eigenvalue weighted by Crippen LogP contribution is -2.47. The van der Waals surface area contributed by atoms with Gasteiger partial charge >= 0.3 is 6.18 Å². The molecule has 1 aromatic heterocycles. The number of nitrogens with zero attached hydrogens (tertiary/aromatic N) is 2. The summed E-state index contributed by atoms with van der Waals surface area (Å²) in [4.78, 5) is 39.1. The summed E-state index contributed by atoms with van der Waals surface area (Å²) in [7, 11) is 1.35. The number of alkyl halides is 3. The molecule has 2 aromatic rings. The van der Waals surface area contributed by atoms with Crippen LogP contribution in [0.15, 0.2) is 30.3 Å². The zero-order valence-corrected chi connectivity index (χ0v) is 19.6. The molecule has 0 unspecified atom stereocenters. The van der Waals surface area contributed by atoms with Gasteiger partial charge in [0.25, 0.3) is 11.8 Å². The third-order valence-corrected chi connectivity index (χ3v) is 5.83. The Morgan fingerprint density at radius 3 is 2.36 bits per heavy atom. The second kappa shape index (κ2) is 11.3. The van der Waals surface area contributed by atoms with E-state index in [1.165, 1.54) is 11.9 Å². The number of halogens is 3. The summed E-state index contributed by atoms with van der Waals surface area (Å²) in [5, 5.41) is 14.3. The van der Waals surface area contributed by atoms with Crippen LogP contribution in [0, 0.1) is 0 Å². The van der Waals surface area contributed by atoms with Gasteiger partial charge in [-0.3, -0.25) is 14.4 Å². The molecular weight excluding hydrogens is 483 g/mol. The topological polar surface area (TPSA) is 139 Å². The molecule has 0 spiro atoms. The van der Waals surface area contributed by atoms with Crippen LogP contribution in [-0.4, -0.2) is 70.8 Å². The highest BCUT2D eigenvalue weighted by Crippen LogP contribution is 2.34. The number of aliphatic hydroxyl groups is 1. The first-order chi connectivity index (χ1) is 17.0. The molecule has 0 saturated carbocycles. The fourth-order valence-electron chi connectivity index (χ4n) is 3.94. The summed E-state index contributed by atoms with van der Waals surface area (Å²) in [6.45, 7) is -1.67. The molecule has 36 heavy (non-hydrogen) atoms. The molecule has 0 radical (unpaired) electrons. The second-order valence-electron chi connectivity index (χ2n) is 8.36. The van der Waals surface area contributed by atoms with E-state index in [0.717, 1.165) is 10.1 Å². The SMILES string of the molecule is Cn1c(N)c(C(=O)NCc2ccccc2)c(OCC(F)(F)F)c1C(=O)NC1CCN(C(=O)CO)CC1. The van der Waals surface area contributed by atoms with Gasteiger partial charge in [0.15, 0.2) is 18.1 Å². The molecule has 5 N–H and O–H groups in total. The van der Waals surface area contributed by atoms with E-state index in [9.17, 15) is 27.6 Å². The van der Waals surface area contributed by atoms with Crippen molar-refractivity contribution >= 4 is 23.5 Å². The molecule has 1 aliphatic heterocycles. The van der Waals surface area contributed by atoms with Gasteiger partial charge in [0, 0.05) is 32.7 Å². The molecule has 3 rings (SSSR count). The summed E-state index contributed by atoms with van der Waals surface area (Å²) in [5.74, 6) is -2.78. The van der Waals surface area contributed by atoms with E-state index in [1.54, 1.807) is 30.3 Å². The number of nitrogen functional groups attached to an aromatic ring is 1. The van der Waals surface area contributed by atoms with Crippen molar-refractivity contribution in [1.29, 1.82) is 0 Å². The monoisotopic (exact) mass is 511 g/mol. The Balaban J connectivity index is 1.83. The minimum Gasteiger partial charge on any atom is -0.481 e. The fraction of sp³-hybridized carbons (Fsp3) is 0.435. The van der Waals surface area contributed by atoms with Gasteiger partial charge in [0.05, 0.1) is 0 Å². The molecule has 1 fully saturated rings. The number of nitrogens with one attached hydrogen (secondary N) is 2. The van der Waals surface area contributed by atoms with E-state index in [0.29, 0.717) is 25.9 Å². The van der Waals surface area contributed by atoms with Crippen LogP contribution in [0.2, 0.25) is 0 Å². The normalized spacial score (nSPS) is 14.4. The lowest BCUT2D eigenvalue weighted by Gasteiger charge is -2.32. The van der Waals surface area contributed by atoms with Gasteiger partial charge < -0.3 is 35.7 Å². The van der Waals surface area contributed by atoms with Gasteiger partial charge in [-0.2, -0.15) is 13.2 Å². The van der Waals surface area contributed by atoms with Gasteiger partial charge in [-0.25, -0.2) is 0 Å². The van der Waals surface area contributed by atoms with Crippen molar-refractivity contribution in [2.24, 2.45) is 7.05 Å². The Morgan fingerprint density at radius 2 is 1.78 bits per heavy atom. The average Bonchev–Trinajstić information content (AvgIpc) is 3.11. The molecular formula is C23H28F3N5O5. The van der Waals surface area contributed by atoms with Crippen molar-refractivity contribution < 1.29 is 37.4 Å². The van der Waals surface area contributed by atoms with Gasteiger partial charge in [0.2, 0.25) is 5.91 Å². The summed E-state index contributed by atoms with van der Waals surface area (Å²) in [5.41, 5.74) is 6.10. The maximum absolute atomic E-state index is 13.1. The number of aromatic nitrogens is 1. The zero-order valence-electron chi connectivity index (χ0n) is 19.6. The molecule has 10 nitrogen and oxygen atoms in total. The predicted octanol–water partition coefficient (Wildman–Crippen LogP) is 1.19. The van der Waals surface area contributed by atoms with Crippen LogP contribution in [0.25, 0.3) is 0 Å². The highest BCUT2D eigenvalue weighted by molar-refractivity contribution is 6.07. The van der Waals surface area contributed by atoms with Gasteiger partial charge in [-0.05, 0) is 18.4 Å². The molecule has 0 bridgehead atoms. The minimum absolute atomic E-state index is 0.0827. The number of amides is 3. The number of carbonyl (C=O) groups excluding carboxylic acids is 3. The lowest BCUT2D eigenvalue weighted by atomic mass is 10.0. The van der Waals surface area contributed by atoms with Crippen LogP contribution in [-0.2, 0) is 18.4 Å². The standard InChI is InChI=1S/C23H28F3N5O5/c1-30-18(22(35)29-15-7-9-31(10-8-15)16(33)12-32)19(36-13-23(24,25)26)17(20(30)27)21(34)28-11-14-5-3-2-4-6-14/h2-6,15,32H,7-13,27H2,1H3,(H,28,34)(H,29,35). The summed E-state index contributed by atoms with van der Waals surface area (Å²) < 4.78 is 45.0. The number of piperidine rings is 1. The van der Waals surface area contributed by atoms with Crippen molar-refractivity contribution in [1.82, 2.24) is 20.1 Å². The fourth-order valence-corrected chi connectivity index (χ4v) is 3.94. The summed E-state index contributed by atoms with van der Waals surface area (Å²) in [6.07, 6.45) is -3.97. The van der Waals surface area contributed by atoms with Crippen LogP contribution >= 0.6 is 0 Å². The molecule has 1 aromatic carbocycles. The van der Waals surface area contributed by atoms with E-state index < -0.39 is 42.9 Å². The van der Waals surface area contributed by atoms with Crippen molar-refractivity contribution in [2.75, 3.05) is 32.0 Å². The Morgan fingerprint density at radius 1 is 1.14 bits per heavy atom. The number of hydrogen-bond acceptors (Lipinski definition) is 6. The van der Waals surface area contributed by atoms with Crippen LogP contribution in [0.3, 0.4) is 0 Å². The molecule has 0 aliphatic carbocycles. The molecule has 196 valence electrons. The number of hydrogen-bond donors (Lipinski definition) is 4. The molecule has 13 heteroatoms. The maximum atomic E-state index is 13.1. The Kier molecular flexibility index (Phi) is 8.45. The number of carbonyl (C=O) groups is 3. The Labute approximate surface area is 205 Å². The smallest absolute Gasteiger partial charge is 0.422 e. The van der Waals surface area contributed by atoms with Crippen molar-refractivity contribution in [2.45, 2.75) is 31.6 Å². The molecule has 2 heterocycles. The van der Waals surface area contributed by atoms with E-state index in [1.807, 2.05) is 0 Å². The summed E-state index contributed by atoms with van der Waals surface area (Å²) >= 11 is 0.